The molecule has 0 saturated carbocycles. The van der Waals surface area contributed by atoms with E-state index < -0.39 is 5.54 Å². The summed E-state index contributed by atoms with van der Waals surface area (Å²) in [7, 11) is 3.00. The molecule has 1 aromatic carbocycles. The minimum atomic E-state index is -0.650. The number of hydrogen-bond donors (Lipinski definition) is 1. The summed E-state index contributed by atoms with van der Waals surface area (Å²) in [5, 5.41) is 3.56. The van der Waals surface area contributed by atoms with Gasteiger partial charge in [-0.2, -0.15) is 0 Å². The van der Waals surface area contributed by atoms with Gasteiger partial charge in [0.25, 0.3) is 0 Å². The third-order valence-electron chi connectivity index (χ3n) is 7.31. The standard InChI is InChI=1S/C22H26N2O5/c1-12-16-10-24-7-6-22(19(24)9-14(16)17(11-29-12)21(26)28-3)20(25)15-8-13(27-2)4-5-18(15)23-22/h4-5,8,11-12,14,16,19,23H,6-7,9-10H2,1-3H3. The number of ether oxygens (including phenoxy) is 3. The number of nitrogens with zero attached hydrogens (tertiary/aromatic N) is 1. The summed E-state index contributed by atoms with van der Waals surface area (Å²) in [6.07, 6.45) is 3.07. The van der Waals surface area contributed by atoms with Crippen molar-refractivity contribution in [3.63, 3.8) is 0 Å². The normalized spacial score (nSPS) is 35.1. The highest BCUT2D eigenvalue weighted by molar-refractivity contribution is 6.14. The van der Waals surface area contributed by atoms with Gasteiger partial charge in [0.2, 0.25) is 0 Å². The Morgan fingerprint density at radius 2 is 2.17 bits per heavy atom. The summed E-state index contributed by atoms with van der Waals surface area (Å²) in [6, 6.07) is 5.64. The first-order valence-electron chi connectivity index (χ1n) is 10.2. The number of rotatable bonds is 2. The first-order valence-corrected chi connectivity index (χ1v) is 10.2. The molecular weight excluding hydrogens is 372 g/mol. The van der Waals surface area contributed by atoms with Crippen LogP contribution in [0.5, 0.6) is 5.75 Å². The summed E-state index contributed by atoms with van der Waals surface area (Å²) in [4.78, 5) is 28.3. The molecule has 4 heterocycles. The average Bonchev–Trinajstić information content (AvgIpc) is 3.24. The number of ketones is 1. The van der Waals surface area contributed by atoms with Crippen molar-refractivity contribution in [3.8, 4) is 5.75 Å². The van der Waals surface area contributed by atoms with E-state index in [9.17, 15) is 9.59 Å². The lowest BCUT2D eigenvalue weighted by molar-refractivity contribution is -0.139. The van der Waals surface area contributed by atoms with Crippen molar-refractivity contribution >= 4 is 17.4 Å². The van der Waals surface area contributed by atoms with E-state index in [4.69, 9.17) is 14.2 Å². The Labute approximate surface area is 170 Å². The monoisotopic (exact) mass is 398 g/mol. The van der Waals surface area contributed by atoms with Crippen molar-refractivity contribution < 1.29 is 23.8 Å². The predicted molar refractivity (Wildman–Crippen MR) is 106 cm³/mol. The first-order chi connectivity index (χ1) is 14.0. The lowest BCUT2D eigenvalue weighted by Crippen LogP contribution is -2.59. The van der Waals surface area contributed by atoms with E-state index in [1.807, 2.05) is 18.2 Å². The SMILES string of the molecule is COC(=O)C1=COC(C)C2CN3CCC4(Nc5ccc(OC)cc5C4=O)C3CC12. The number of nitrogens with one attached hydrogen (secondary N) is 1. The number of piperidine rings is 1. The molecule has 2 fully saturated rings. The van der Waals surface area contributed by atoms with Crippen LogP contribution in [-0.4, -0.2) is 61.6 Å². The number of anilines is 1. The summed E-state index contributed by atoms with van der Waals surface area (Å²) in [5.74, 6) is 0.700. The largest absolute Gasteiger partial charge is 0.497 e. The minimum absolute atomic E-state index is 0.0213. The van der Waals surface area contributed by atoms with Crippen LogP contribution in [0.15, 0.2) is 30.0 Å². The van der Waals surface area contributed by atoms with E-state index >= 15 is 0 Å². The van der Waals surface area contributed by atoms with Crippen LogP contribution < -0.4 is 10.1 Å². The van der Waals surface area contributed by atoms with Crippen LogP contribution in [0, 0.1) is 11.8 Å². The van der Waals surface area contributed by atoms with Crippen LogP contribution in [-0.2, 0) is 14.3 Å². The Bertz CT molecular complexity index is 912. The molecule has 2 saturated heterocycles. The topological polar surface area (TPSA) is 77.1 Å². The molecule has 0 bridgehead atoms. The molecular formula is C22H26N2O5. The Hall–Kier alpha value is -2.54. The predicted octanol–water partition coefficient (Wildman–Crippen LogP) is 2.23. The number of methoxy groups -OCH3 is 2. The van der Waals surface area contributed by atoms with Gasteiger partial charge in [-0.05, 0) is 38.0 Å². The number of benzene rings is 1. The van der Waals surface area contributed by atoms with Gasteiger partial charge in [0.1, 0.15) is 11.3 Å². The second kappa shape index (κ2) is 6.49. The van der Waals surface area contributed by atoms with Crippen LogP contribution in [0.1, 0.15) is 30.1 Å². The summed E-state index contributed by atoms with van der Waals surface area (Å²) in [6.45, 7) is 3.71. The van der Waals surface area contributed by atoms with Gasteiger partial charge in [0.15, 0.2) is 5.78 Å². The lowest BCUT2D eigenvalue weighted by atomic mass is 9.70. The lowest BCUT2D eigenvalue weighted by Gasteiger charge is -2.48. The number of esters is 1. The smallest absolute Gasteiger partial charge is 0.337 e. The van der Waals surface area contributed by atoms with Gasteiger partial charge in [-0.15, -0.1) is 0 Å². The molecule has 154 valence electrons. The van der Waals surface area contributed by atoms with E-state index in [0.29, 0.717) is 16.9 Å². The minimum Gasteiger partial charge on any atom is -0.497 e. The van der Waals surface area contributed by atoms with Crippen molar-refractivity contribution in [2.75, 3.05) is 32.6 Å². The molecule has 0 aliphatic carbocycles. The molecule has 5 atom stereocenters. The molecule has 0 radical (unpaired) electrons. The van der Waals surface area contributed by atoms with Gasteiger partial charge < -0.3 is 19.5 Å². The number of hydrogen-bond acceptors (Lipinski definition) is 7. The maximum absolute atomic E-state index is 13.6. The second-order valence-electron chi connectivity index (χ2n) is 8.51. The van der Waals surface area contributed by atoms with E-state index in [2.05, 4.69) is 17.1 Å². The van der Waals surface area contributed by atoms with E-state index in [1.165, 1.54) is 7.11 Å². The third-order valence-corrected chi connectivity index (χ3v) is 7.31. The Morgan fingerprint density at radius 1 is 1.34 bits per heavy atom. The van der Waals surface area contributed by atoms with Gasteiger partial charge in [-0.25, -0.2) is 4.79 Å². The van der Waals surface area contributed by atoms with Crippen molar-refractivity contribution in [1.82, 2.24) is 4.90 Å². The van der Waals surface area contributed by atoms with E-state index in [-0.39, 0.29) is 35.7 Å². The highest BCUT2D eigenvalue weighted by Crippen LogP contribution is 2.50. The van der Waals surface area contributed by atoms with Crippen LogP contribution in [0.2, 0.25) is 0 Å². The average molecular weight is 398 g/mol. The molecule has 1 N–H and O–H groups in total. The zero-order valence-corrected chi connectivity index (χ0v) is 16.9. The Kier molecular flexibility index (Phi) is 4.13. The van der Waals surface area contributed by atoms with Gasteiger partial charge in [-0.1, -0.05) is 0 Å². The first kappa shape index (κ1) is 18.5. The maximum Gasteiger partial charge on any atom is 0.337 e. The van der Waals surface area contributed by atoms with E-state index in [1.54, 1.807) is 13.4 Å². The Morgan fingerprint density at radius 3 is 2.93 bits per heavy atom. The molecule has 1 aromatic rings. The van der Waals surface area contributed by atoms with E-state index in [0.717, 1.165) is 31.6 Å². The summed E-state index contributed by atoms with van der Waals surface area (Å²) in [5.41, 5.74) is 1.49. The molecule has 7 nitrogen and oxygen atoms in total. The van der Waals surface area contributed by atoms with Crippen LogP contribution in [0.4, 0.5) is 5.69 Å². The fourth-order valence-corrected chi connectivity index (χ4v) is 5.75. The highest BCUT2D eigenvalue weighted by atomic mass is 16.5. The van der Waals surface area contributed by atoms with Crippen LogP contribution in [0.3, 0.4) is 0 Å². The Balaban J connectivity index is 1.49. The third kappa shape index (κ3) is 2.53. The molecule has 4 aliphatic rings. The zero-order chi connectivity index (χ0) is 20.3. The van der Waals surface area contributed by atoms with Crippen molar-refractivity contribution in [1.29, 1.82) is 0 Å². The summed E-state index contributed by atoms with van der Waals surface area (Å²) >= 11 is 0. The molecule has 0 amide bonds. The number of carbonyl (C=O) groups excluding carboxylic acids is 2. The molecule has 5 rings (SSSR count). The van der Waals surface area contributed by atoms with Crippen LogP contribution in [0.25, 0.3) is 0 Å². The quantitative estimate of drug-likeness (QED) is 0.766. The second-order valence-corrected chi connectivity index (χ2v) is 8.51. The van der Waals surface area contributed by atoms with Crippen molar-refractivity contribution in [3.05, 3.63) is 35.6 Å². The molecule has 7 heteroatoms. The number of Topliss-reactive ketones (excluding diaryl/α,β-unsaturated/α-hetero) is 1. The molecule has 29 heavy (non-hydrogen) atoms. The van der Waals surface area contributed by atoms with Crippen molar-refractivity contribution in [2.45, 2.75) is 37.5 Å². The van der Waals surface area contributed by atoms with Gasteiger partial charge >= 0.3 is 5.97 Å². The molecule has 0 aromatic heterocycles. The fourth-order valence-electron chi connectivity index (χ4n) is 5.75. The number of carbonyl (C=O) groups is 2. The fraction of sp³-hybridized carbons (Fsp3) is 0.545. The molecule has 4 aliphatic heterocycles. The molecule has 5 unspecified atom stereocenters. The zero-order valence-electron chi connectivity index (χ0n) is 16.9. The summed E-state index contributed by atoms with van der Waals surface area (Å²) < 4.78 is 16.1. The number of fused-ring (bicyclic) bond motifs is 4. The molecule has 1 spiro atoms. The van der Waals surface area contributed by atoms with Crippen molar-refractivity contribution in [2.24, 2.45) is 11.8 Å². The van der Waals surface area contributed by atoms with Gasteiger partial charge in [0, 0.05) is 42.2 Å². The van der Waals surface area contributed by atoms with Gasteiger partial charge in [-0.3, -0.25) is 9.69 Å². The maximum atomic E-state index is 13.6. The van der Waals surface area contributed by atoms with Crippen LogP contribution >= 0.6 is 0 Å². The highest BCUT2D eigenvalue weighted by Gasteiger charge is 2.60. The van der Waals surface area contributed by atoms with Gasteiger partial charge in [0.05, 0.1) is 32.2 Å².